The second kappa shape index (κ2) is 11.4. The molecule has 1 N–H and O–H groups in total. The first-order chi connectivity index (χ1) is 15.9. The maximum Gasteiger partial charge on any atom is 0.333 e. The number of rotatable bonds is 13. The zero-order valence-corrected chi connectivity index (χ0v) is 20.2. The fraction of sp³-hybridized carbons (Fsp3) is 0.652. The zero-order valence-electron chi connectivity index (χ0n) is 20.2. The molecular weight excluding hydrogens is 446 g/mol. The molecule has 188 valence electrons. The van der Waals surface area contributed by atoms with Crippen LogP contribution in [0.1, 0.15) is 66.2 Å². The van der Waals surface area contributed by atoms with E-state index in [-0.39, 0.29) is 44.7 Å². The number of hydrogen-bond acceptors (Lipinski definition) is 8. The minimum Gasteiger partial charge on any atom is -0.373 e. The van der Waals surface area contributed by atoms with Gasteiger partial charge in [-0.1, -0.05) is 20.8 Å². The van der Waals surface area contributed by atoms with Crippen LogP contribution in [0.2, 0.25) is 0 Å². The van der Waals surface area contributed by atoms with Crippen molar-refractivity contribution in [3.63, 3.8) is 0 Å². The van der Waals surface area contributed by atoms with Crippen LogP contribution in [0.3, 0.4) is 0 Å². The van der Waals surface area contributed by atoms with Crippen molar-refractivity contribution in [1.29, 1.82) is 0 Å². The second-order valence-electron chi connectivity index (χ2n) is 9.48. The molecule has 34 heavy (non-hydrogen) atoms. The number of ether oxygens (including phenoxy) is 1. The third kappa shape index (κ3) is 7.75. The largest absolute Gasteiger partial charge is 0.373 e. The van der Waals surface area contributed by atoms with E-state index >= 15 is 0 Å². The molecule has 0 aromatic rings. The molecule has 0 aromatic carbocycles. The van der Waals surface area contributed by atoms with Crippen molar-refractivity contribution in [2.45, 2.75) is 71.8 Å². The molecular formula is C23H33N3O8. The summed E-state index contributed by atoms with van der Waals surface area (Å²) in [5, 5.41) is 3.32. The van der Waals surface area contributed by atoms with Crippen molar-refractivity contribution in [3.8, 4) is 0 Å². The van der Waals surface area contributed by atoms with Gasteiger partial charge < -0.3 is 14.9 Å². The van der Waals surface area contributed by atoms with Crippen LogP contribution in [-0.2, 0) is 38.3 Å². The topological polar surface area (TPSA) is 139 Å². The first kappa shape index (κ1) is 27.2. The standard InChI is InChI=1S/C23H33N3O8/c1-5-23(4,15-24-16(27)10-12-25-17(28)6-7-18(25)29)33-13-11-22(2,3)14-21(32)34-26-19(30)8-9-20(26)31/h6-7H,5,8-15H2,1-4H3,(H,24,27). The average Bonchev–Trinajstić information content (AvgIpc) is 3.25. The number of imide groups is 2. The molecule has 1 fully saturated rings. The maximum atomic E-state index is 12.2. The van der Waals surface area contributed by atoms with E-state index in [4.69, 9.17) is 9.57 Å². The number of nitrogens with one attached hydrogen (secondary N) is 1. The van der Waals surface area contributed by atoms with Gasteiger partial charge in [0.2, 0.25) is 5.91 Å². The third-order valence-electron chi connectivity index (χ3n) is 5.92. The number of hydrogen-bond donors (Lipinski definition) is 1. The molecule has 2 heterocycles. The highest BCUT2D eigenvalue weighted by molar-refractivity contribution is 6.13. The number of hydroxylamine groups is 2. The summed E-state index contributed by atoms with van der Waals surface area (Å²) in [4.78, 5) is 76.6. The van der Waals surface area contributed by atoms with E-state index in [1.54, 1.807) is 0 Å². The summed E-state index contributed by atoms with van der Waals surface area (Å²) in [6.45, 7) is 8.05. The van der Waals surface area contributed by atoms with Crippen molar-refractivity contribution in [1.82, 2.24) is 15.3 Å². The van der Waals surface area contributed by atoms with E-state index in [2.05, 4.69) is 5.32 Å². The summed E-state index contributed by atoms with van der Waals surface area (Å²) in [6.07, 6.45) is 3.54. The number of amides is 5. The Kier molecular flexibility index (Phi) is 9.08. The lowest BCUT2D eigenvalue weighted by molar-refractivity contribution is -0.199. The van der Waals surface area contributed by atoms with Gasteiger partial charge in [-0.05, 0) is 25.2 Å². The van der Waals surface area contributed by atoms with Gasteiger partial charge in [-0.15, -0.1) is 5.06 Å². The molecule has 2 aliphatic heterocycles. The van der Waals surface area contributed by atoms with Crippen molar-refractivity contribution < 1.29 is 38.3 Å². The van der Waals surface area contributed by atoms with Crippen LogP contribution in [0.5, 0.6) is 0 Å². The highest BCUT2D eigenvalue weighted by Crippen LogP contribution is 2.28. The Bertz CT molecular complexity index is 847. The van der Waals surface area contributed by atoms with Gasteiger partial charge >= 0.3 is 5.97 Å². The van der Waals surface area contributed by atoms with Crippen LogP contribution in [0.4, 0.5) is 0 Å². The molecule has 2 aliphatic rings. The first-order valence-electron chi connectivity index (χ1n) is 11.4. The van der Waals surface area contributed by atoms with Gasteiger partial charge in [-0.2, -0.15) is 0 Å². The Morgan fingerprint density at radius 1 is 1.03 bits per heavy atom. The summed E-state index contributed by atoms with van der Waals surface area (Å²) in [5.41, 5.74) is -1.16. The molecule has 1 saturated heterocycles. The van der Waals surface area contributed by atoms with Crippen molar-refractivity contribution >= 4 is 35.5 Å². The number of carbonyl (C=O) groups excluding carboxylic acids is 6. The molecule has 0 spiro atoms. The van der Waals surface area contributed by atoms with E-state index in [1.165, 1.54) is 12.2 Å². The minimum absolute atomic E-state index is 0.00385. The SMILES string of the molecule is CCC(C)(CNC(=O)CCN1C(=O)C=CC1=O)OCCC(C)(C)CC(=O)ON1C(=O)CCC1=O. The van der Waals surface area contributed by atoms with Gasteiger partial charge in [0.25, 0.3) is 23.6 Å². The lowest BCUT2D eigenvalue weighted by Crippen LogP contribution is -2.44. The summed E-state index contributed by atoms with van der Waals surface area (Å²) < 4.78 is 6.01. The van der Waals surface area contributed by atoms with Crippen molar-refractivity contribution in [2.75, 3.05) is 19.7 Å². The monoisotopic (exact) mass is 479 g/mol. The van der Waals surface area contributed by atoms with Crippen LogP contribution in [0.25, 0.3) is 0 Å². The fourth-order valence-corrected chi connectivity index (χ4v) is 3.36. The van der Waals surface area contributed by atoms with Gasteiger partial charge in [0.1, 0.15) is 0 Å². The summed E-state index contributed by atoms with van der Waals surface area (Å²) in [6, 6.07) is 0. The minimum atomic E-state index is -0.663. The van der Waals surface area contributed by atoms with Crippen molar-refractivity contribution in [2.24, 2.45) is 5.41 Å². The molecule has 5 amide bonds. The summed E-state index contributed by atoms with van der Waals surface area (Å²) >= 11 is 0. The van der Waals surface area contributed by atoms with Gasteiger partial charge in [-0.25, -0.2) is 4.79 Å². The summed E-state index contributed by atoms with van der Waals surface area (Å²) in [7, 11) is 0. The van der Waals surface area contributed by atoms with E-state index in [9.17, 15) is 28.8 Å². The molecule has 0 aliphatic carbocycles. The Hall–Kier alpha value is -3.08. The van der Waals surface area contributed by atoms with Gasteiger partial charge in [0, 0.05) is 51.1 Å². The van der Waals surface area contributed by atoms with E-state index in [1.807, 2.05) is 27.7 Å². The Morgan fingerprint density at radius 2 is 1.62 bits per heavy atom. The molecule has 11 heteroatoms. The maximum absolute atomic E-state index is 12.2. The predicted octanol–water partition coefficient (Wildman–Crippen LogP) is 1.02. The third-order valence-corrected chi connectivity index (χ3v) is 5.92. The predicted molar refractivity (Wildman–Crippen MR) is 118 cm³/mol. The summed E-state index contributed by atoms with van der Waals surface area (Å²) in [5.74, 6) is -2.85. The highest BCUT2D eigenvalue weighted by Gasteiger charge is 2.34. The van der Waals surface area contributed by atoms with E-state index in [0.29, 0.717) is 24.5 Å². The molecule has 1 unspecified atom stereocenters. The molecule has 2 rings (SSSR count). The second-order valence-corrected chi connectivity index (χ2v) is 9.48. The van der Waals surface area contributed by atoms with Crippen molar-refractivity contribution in [3.05, 3.63) is 12.2 Å². The molecule has 11 nitrogen and oxygen atoms in total. The Balaban J connectivity index is 1.72. The smallest absolute Gasteiger partial charge is 0.333 e. The Morgan fingerprint density at radius 3 is 2.18 bits per heavy atom. The van der Waals surface area contributed by atoms with Crippen LogP contribution in [0, 0.1) is 5.41 Å². The molecule has 0 bridgehead atoms. The van der Waals surface area contributed by atoms with Crippen LogP contribution in [-0.4, -0.2) is 70.8 Å². The molecule has 0 saturated carbocycles. The van der Waals surface area contributed by atoms with Crippen LogP contribution >= 0.6 is 0 Å². The van der Waals surface area contributed by atoms with Gasteiger partial charge in [0.15, 0.2) is 0 Å². The average molecular weight is 480 g/mol. The fourth-order valence-electron chi connectivity index (χ4n) is 3.36. The van der Waals surface area contributed by atoms with E-state index in [0.717, 1.165) is 4.90 Å². The number of carbonyl (C=O) groups is 6. The lowest BCUT2D eigenvalue weighted by Gasteiger charge is -2.31. The normalized spacial score (nSPS) is 18.0. The number of nitrogens with zero attached hydrogens (tertiary/aromatic N) is 2. The zero-order chi connectivity index (χ0) is 25.5. The van der Waals surface area contributed by atoms with Crippen LogP contribution < -0.4 is 5.32 Å². The molecule has 0 aromatic heterocycles. The lowest BCUT2D eigenvalue weighted by atomic mass is 9.86. The highest BCUT2D eigenvalue weighted by atomic mass is 16.7. The molecule has 0 radical (unpaired) electrons. The van der Waals surface area contributed by atoms with Gasteiger partial charge in [0.05, 0.1) is 12.0 Å². The Labute approximate surface area is 198 Å². The van der Waals surface area contributed by atoms with E-state index < -0.39 is 40.6 Å². The van der Waals surface area contributed by atoms with Crippen LogP contribution in [0.15, 0.2) is 12.2 Å². The first-order valence-corrected chi connectivity index (χ1v) is 11.4. The quantitative estimate of drug-likeness (QED) is 0.386. The van der Waals surface area contributed by atoms with Gasteiger partial charge in [-0.3, -0.25) is 28.9 Å². The molecule has 1 atom stereocenters.